The van der Waals surface area contributed by atoms with Gasteiger partial charge >= 0.3 is 0 Å². The van der Waals surface area contributed by atoms with Crippen molar-refractivity contribution in [3.05, 3.63) is 30.1 Å². The largest absolute Gasteiger partial charge is 0.488 e. The van der Waals surface area contributed by atoms with Crippen LogP contribution in [0.4, 0.5) is 4.39 Å². The van der Waals surface area contributed by atoms with E-state index in [1.807, 2.05) is 0 Å². The molecule has 2 nitrogen and oxygen atoms in total. The first-order valence-corrected chi connectivity index (χ1v) is 5.48. The van der Waals surface area contributed by atoms with E-state index in [0.29, 0.717) is 6.61 Å². The van der Waals surface area contributed by atoms with Gasteiger partial charge in [-0.1, -0.05) is 0 Å². The molecule has 0 fully saturated rings. The highest BCUT2D eigenvalue weighted by Gasteiger charge is 2.02. The molecular formula is C12H19FNO+. The molecule has 3 heteroatoms. The molecule has 0 aliphatic carbocycles. The van der Waals surface area contributed by atoms with Gasteiger partial charge in [-0.15, -0.1) is 0 Å². The topological polar surface area (TPSA) is 13.7 Å². The number of ether oxygens (including phenoxy) is 1. The Kier molecular flexibility index (Phi) is 5.12. The van der Waals surface area contributed by atoms with Gasteiger partial charge in [0.2, 0.25) is 0 Å². The summed E-state index contributed by atoms with van der Waals surface area (Å²) in [5.74, 6) is 0.514. The van der Waals surface area contributed by atoms with Gasteiger partial charge in [0, 0.05) is 0 Å². The van der Waals surface area contributed by atoms with Gasteiger partial charge in [-0.05, 0) is 38.1 Å². The Morgan fingerprint density at radius 3 is 2.27 bits per heavy atom. The number of hydrogen-bond acceptors (Lipinski definition) is 1. The van der Waals surface area contributed by atoms with Gasteiger partial charge < -0.3 is 9.64 Å². The van der Waals surface area contributed by atoms with Crippen LogP contribution >= 0.6 is 0 Å². The van der Waals surface area contributed by atoms with Gasteiger partial charge in [-0.25, -0.2) is 4.39 Å². The summed E-state index contributed by atoms with van der Waals surface area (Å²) in [4.78, 5) is 1.51. The molecule has 15 heavy (non-hydrogen) atoms. The molecular weight excluding hydrogens is 193 g/mol. The first-order valence-electron chi connectivity index (χ1n) is 5.48. The van der Waals surface area contributed by atoms with Gasteiger partial charge in [-0.3, -0.25) is 0 Å². The minimum atomic E-state index is -0.225. The summed E-state index contributed by atoms with van der Waals surface area (Å²) in [6, 6.07) is 6.15. The third kappa shape index (κ3) is 4.30. The van der Waals surface area contributed by atoms with Crippen molar-refractivity contribution < 1.29 is 14.0 Å². The van der Waals surface area contributed by atoms with Crippen LogP contribution in [-0.4, -0.2) is 26.2 Å². The number of benzene rings is 1. The lowest BCUT2D eigenvalue weighted by molar-refractivity contribution is -0.896. The fraction of sp³-hybridized carbons (Fsp3) is 0.500. The van der Waals surface area contributed by atoms with E-state index >= 15 is 0 Å². The van der Waals surface area contributed by atoms with Crippen LogP contribution in [0.25, 0.3) is 0 Å². The van der Waals surface area contributed by atoms with Gasteiger partial charge in [-0.2, -0.15) is 0 Å². The number of nitrogens with one attached hydrogen (secondary N) is 1. The zero-order chi connectivity index (χ0) is 11.1. The fourth-order valence-electron chi connectivity index (χ4n) is 1.45. The van der Waals surface area contributed by atoms with Crippen molar-refractivity contribution in [2.24, 2.45) is 0 Å². The highest BCUT2D eigenvalue weighted by molar-refractivity contribution is 5.21. The average Bonchev–Trinajstić information content (AvgIpc) is 2.27. The van der Waals surface area contributed by atoms with Crippen LogP contribution in [-0.2, 0) is 0 Å². The number of quaternary nitrogens is 1. The van der Waals surface area contributed by atoms with Crippen LogP contribution in [0.1, 0.15) is 13.8 Å². The second-order valence-corrected chi connectivity index (χ2v) is 3.51. The Hall–Kier alpha value is -1.09. The lowest BCUT2D eigenvalue weighted by Crippen LogP contribution is -3.12. The summed E-state index contributed by atoms with van der Waals surface area (Å²) < 4.78 is 18.1. The van der Waals surface area contributed by atoms with Crippen LogP contribution in [0.3, 0.4) is 0 Å². The summed E-state index contributed by atoms with van der Waals surface area (Å²) >= 11 is 0. The highest BCUT2D eigenvalue weighted by atomic mass is 19.1. The Morgan fingerprint density at radius 2 is 1.73 bits per heavy atom. The molecule has 0 atom stereocenters. The molecule has 0 bridgehead atoms. The highest BCUT2D eigenvalue weighted by Crippen LogP contribution is 2.10. The van der Waals surface area contributed by atoms with E-state index in [2.05, 4.69) is 13.8 Å². The zero-order valence-electron chi connectivity index (χ0n) is 9.42. The number of halogens is 1. The number of rotatable bonds is 6. The maximum atomic E-state index is 12.6. The Morgan fingerprint density at radius 1 is 1.13 bits per heavy atom. The second-order valence-electron chi connectivity index (χ2n) is 3.51. The van der Waals surface area contributed by atoms with E-state index in [1.54, 1.807) is 12.1 Å². The van der Waals surface area contributed by atoms with Crippen LogP contribution in [0.5, 0.6) is 5.75 Å². The molecule has 1 rings (SSSR count). The minimum absolute atomic E-state index is 0.225. The summed E-state index contributed by atoms with van der Waals surface area (Å²) in [6.07, 6.45) is 0. The van der Waals surface area contributed by atoms with E-state index < -0.39 is 0 Å². The zero-order valence-corrected chi connectivity index (χ0v) is 9.42. The monoisotopic (exact) mass is 212 g/mol. The smallest absolute Gasteiger partial charge is 0.137 e. The normalized spacial score (nSPS) is 10.7. The van der Waals surface area contributed by atoms with E-state index in [0.717, 1.165) is 25.4 Å². The molecule has 0 amide bonds. The van der Waals surface area contributed by atoms with Gasteiger partial charge in [0.15, 0.2) is 0 Å². The number of likely N-dealkylation sites (N-methyl/N-ethyl adjacent to an activating group) is 1. The molecule has 0 spiro atoms. The fourth-order valence-corrected chi connectivity index (χ4v) is 1.45. The molecule has 0 heterocycles. The van der Waals surface area contributed by atoms with Crippen LogP contribution in [0, 0.1) is 5.82 Å². The third-order valence-electron chi connectivity index (χ3n) is 2.54. The summed E-state index contributed by atoms with van der Waals surface area (Å²) in [7, 11) is 0. The summed E-state index contributed by atoms with van der Waals surface area (Å²) in [6.45, 7) is 8.23. The number of hydrogen-bond donors (Lipinski definition) is 1. The van der Waals surface area contributed by atoms with Crippen molar-refractivity contribution in [2.45, 2.75) is 13.8 Å². The molecule has 0 unspecified atom stereocenters. The van der Waals surface area contributed by atoms with E-state index in [9.17, 15) is 4.39 Å². The van der Waals surface area contributed by atoms with Gasteiger partial charge in [0.25, 0.3) is 0 Å². The summed E-state index contributed by atoms with van der Waals surface area (Å²) in [5.41, 5.74) is 0. The Labute approximate surface area is 90.7 Å². The molecule has 1 aromatic rings. The molecule has 0 aliphatic heterocycles. The maximum Gasteiger partial charge on any atom is 0.137 e. The molecule has 0 radical (unpaired) electrons. The maximum absolute atomic E-state index is 12.6. The van der Waals surface area contributed by atoms with Crippen molar-refractivity contribution in [1.82, 2.24) is 0 Å². The first-order chi connectivity index (χ1) is 7.26. The molecule has 0 saturated carbocycles. The predicted octanol–water partition coefficient (Wildman–Crippen LogP) is 1.13. The lowest BCUT2D eigenvalue weighted by Gasteiger charge is -2.15. The van der Waals surface area contributed by atoms with Crippen molar-refractivity contribution in [3.63, 3.8) is 0 Å². The minimum Gasteiger partial charge on any atom is -0.488 e. The molecule has 1 N–H and O–H groups in total. The van der Waals surface area contributed by atoms with Gasteiger partial charge in [0.1, 0.15) is 24.7 Å². The van der Waals surface area contributed by atoms with Crippen molar-refractivity contribution in [1.29, 1.82) is 0 Å². The van der Waals surface area contributed by atoms with Crippen molar-refractivity contribution in [2.75, 3.05) is 26.2 Å². The van der Waals surface area contributed by atoms with E-state index in [-0.39, 0.29) is 5.82 Å². The quantitative estimate of drug-likeness (QED) is 0.746. The standard InChI is InChI=1S/C12H18FNO/c1-3-14(4-2)9-10-15-12-7-5-11(13)6-8-12/h5-8H,3-4,9-10H2,1-2H3/p+1. The molecule has 0 saturated heterocycles. The van der Waals surface area contributed by atoms with Crippen molar-refractivity contribution >= 4 is 0 Å². The molecule has 84 valence electrons. The van der Waals surface area contributed by atoms with E-state index in [4.69, 9.17) is 4.74 Å². The Balaban J connectivity index is 2.28. The van der Waals surface area contributed by atoms with Gasteiger partial charge in [0.05, 0.1) is 13.1 Å². The Bertz CT molecular complexity index is 269. The van der Waals surface area contributed by atoms with E-state index in [1.165, 1.54) is 17.0 Å². The molecule has 0 aromatic heterocycles. The average molecular weight is 212 g/mol. The SMILES string of the molecule is CC[NH+](CC)CCOc1ccc(F)cc1. The second kappa shape index (κ2) is 6.40. The van der Waals surface area contributed by atoms with Crippen LogP contribution in [0.2, 0.25) is 0 Å². The van der Waals surface area contributed by atoms with Crippen LogP contribution in [0.15, 0.2) is 24.3 Å². The van der Waals surface area contributed by atoms with Crippen molar-refractivity contribution in [3.8, 4) is 5.75 Å². The first kappa shape index (κ1) is 12.0. The lowest BCUT2D eigenvalue weighted by atomic mass is 10.3. The molecule has 0 aliphatic rings. The van der Waals surface area contributed by atoms with Crippen LogP contribution < -0.4 is 9.64 Å². The third-order valence-corrected chi connectivity index (χ3v) is 2.54. The summed E-state index contributed by atoms with van der Waals surface area (Å²) in [5, 5.41) is 0. The predicted molar refractivity (Wildman–Crippen MR) is 58.8 cm³/mol. The molecule has 1 aromatic carbocycles.